The number of benzene rings is 2. The Labute approximate surface area is 120 Å². The van der Waals surface area contributed by atoms with Crippen molar-refractivity contribution in [3.8, 4) is 0 Å². The summed E-state index contributed by atoms with van der Waals surface area (Å²) >= 11 is 0. The van der Waals surface area contributed by atoms with Gasteiger partial charge in [-0.1, -0.05) is 50.2 Å². The first-order valence-corrected chi connectivity index (χ1v) is 7.11. The molecule has 0 aliphatic rings. The molecule has 0 spiro atoms. The molecule has 1 atom stereocenters. The summed E-state index contributed by atoms with van der Waals surface area (Å²) in [5.74, 6) is 0.461. The third-order valence-corrected chi connectivity index (χ3v) is 3.43. The Morgan fingerprint density at radius 1 is 1.00 bits per heavy atom. The van der Waals surface area contributed by atoms with Gasteiger partial charge in [-0.15, -0.1) is 0 Å². The maximum Gasteiger partial charge on any atom is 0.123 e. The first-order valence-electron chi connectivity index (χ1n) is 7.11. The van der Waals surface area contributed by atoms with E-state index in [4.69, 9.17) is 0 Å². The van der Waals surface area contributed by atoms with E-state index >= 15 is 0 Å². The normalized spacial score (nSPS) is 12.7. The van der Waals surface area contributed by atoms with Crippen LogP contribution >= 0.6 is 0 Å². The molecule has 0 radical (unpaired) electrons. The summed E-state index contributed by atoms with van der Waals surface area (Å²) < 4.78 is 13.4. The molecule has 1 unspecified atom stereocenters. The molecular formula is C18H22FN. The zero-order valence-electron chi connectivity index (χ0n) is 12.4. The van der Waals surface area contributed by atoms with Gasteiger partial charge < -0.3 is 5.32 Å². The Balaban J connectivity index is 2.23. The highest BCUT2D eigenvalue weighted by Crippen LogP contribution is 2.23. The highest BCUT2D eigenvalue weighted by atomic mass is 19.1. The predicted octanol–water partition coefficient (Wildman–Crippen LogP) is 4.33. The maximum atomic E-state index is 13.4. The number of nitrogens with one attached hydrogen (secondary N) is 1. The SMILES string of the molecule is CNC(c1ccc(CC(C)C)cc1)c1cccc(F)c1. The van der Waals surface area contributed by atoms with Gasteiger partial charge in [0.1, 0.15) is 5.82 Å². The molecule has 1 N–H and O–H groups in total. The first kappa shape index (κ1) is 14.7. The molecule has 0 aromatic heterocycles. The van der Waals surface area contributed by atoms with Crippen LogP contribution in [0.15, 0.2) is 48.5 Å². The average molecular weight is 271 g/mol. The van der Waals surface area contributed by atoms with Crippen LogP contribution in [-0.2, 0) is 6.42 Å². The van der Waals surface area contributed by atoms with Crippen LogP contribution in [0.1, 0.15) is 36.6 Å². The van der Waals surface area contributed by atoms with Crippen molar-refractivity contribution in [3.63, 3.8) is 0 Å². The van der Waals surface area contributed by atoms with Crippen LogP contribution in [0.3, 0.4) is 0 Å². The fraction of sp³-hybridized carbons (Fsp3) is 0.333. The monoisotopic (exact) mass is 271 g/mol. The second kappa shape index (κ2) is 6.67. The van der Waals surface area contributed by atoms with Crippen LogP contribution in [0.4, 0.5) is 4.39 Å². The number of halogens is 1. The van der Waals surface area contributed by atoms with Gasteiger partial charge in [0.2, 0.25) is 0 Å². The molecule has 0 saturated heterocycles. The topological polar surface area (TPSA) is 12.0 Å². The third kappa shape index (κ3) is 3.67. The number of hydrogen-bond donors (Lipinski definition) is 1. The van der Waals surface area contributed by atoms with Crippen molar-refractivity contribution in [1.82, 2.24) is 5.32 Å². The minimum Gasteiger partial charge on any atom is -0.309 e. The van der Waals surface area contributed by atoms with E-state index in [1.54, 1.807) is 12.1 Å². The van der Waals surface area contributed by atoms with Gasteiger partial charge in [-0.25, -0.2) is 4.39 Å². The molecule has 2 aromatic rings. The van der Waals surface area contributed by atoms with Crippen molar-refractivity contribution >= 4 is 0 Å². The molecule has 1 nitrogen and oxygen atoms in total. The van der Waals surface area contributed by atoms with Crippen LogP contribution < -0.4 is 5.32 Å². The summed E-state index contributed by atoms with van der Waals surface area (Å²) in [6.45, 7) is 4.44. The van der Waals surface area contributed by atoms with E-state index in [0.717, 1.165) is 17.5 Å². The zero-order valence-corrected chi connectivity index (χ0v) is 12.4. The standard InChI is InChI=1S/C18H22FN/c1-13(2)11-14-7-9-15(10-8-14)18(20-3)16-5-4-6-17(19)12-16/h4-10,12-13,18,20H,11H2,1-3H3. The smallest absolute Gasteiger partial charge is 0.123 e. The summed E-state index contributed by atoms with van der Waals surface area (Å²) in [5, 5.41) is 3.26. The van der Waals surface area contributed by atoms with Crippen LogP contribution in [0.5, 0.6) is 0 Å². The summed E-state index contributed by atoms with van der Waals surface area (Å²) in [4.78, 5) is 0. The van der Waals surface area contributed by atoms with Gasteiger partial charge in [0.25, 0.3) is 0 Å². The second-order valence-corrected chi connectivity index (χ2v) is 5.62. The van der Waals surface area contributed by atoms with Crippen molar-refractivity contribution in [2.75, 3.05) is 7.05 Å². The molecule has 0 saturated carbocycles. The lowest BCUT2D eigenvalue weighted by Gasteiger charge is -2.18. The Morgan fingerprint density at radius 2 is 1.70 bits per heavy atom. The minimum atomic E-state index is -0.195. The van der Waals surface area contributed by atoms with Gasteiger partial charge in [-0.05, 0) is 48.2 Å². The molecule has 106 valence electrons. The van der Waals surface area contributed by atoms with Gasteiger partial charge in [-0.3, -0.25) is 0 Å². The van der Waals surface area contributed by atoms with E-state index in [-0.39, 0.29) is 11.9 Å². The van der Waals surface area contributed by atoms with Crippen LogP contribution in [-0.4, -0.2) is 7.05 Å². The lowest BCUT2D eigenvalue weighted by atomic mass is 9.96. The van der Waals surface area contributed by atoms with Crippen LogP contribution in [0.25, 0.3) is 0 Å². The quantitative estimate of drug-likeness (QED) is 0.853. The first-order chi connectivity index (χ1) is 9.60. The van der Waals surface area contributed by atoms with Crippen molar-refractivity contribution in [3.05, 3.63) is 71.0 Å². The highest BCUT2D eigenvalue weighted by molar-refractivity contribution is 5.33. The Kier molecular flexibility index (Phi) is 4.91. The highest BCUT2D eigenvalue weighted by Gasteiger charge is 2.12. The summed E-state index contributed by atoms with van der Waals surface area (Å²) in [6, 6.07) is 15.4. The molecule has 2 heteroatoms. The Morgan fingerprint density at radius 3 is 2.25 bits per heavy atom. The summed E-state index contributed by atoms with van der Waals surface area (Å²) in [6.07, 6.45) is 1.09. The molecular weight excluding hydrogens is 249 g/mol. The number of rotatable bonds is 5. The Hall–Kier alpha value is -1.67. The fourth-order valence-electron chi connectivity index (χ4n) is 2.53. The van der Waals surface area contributed by atoms with Crippen molar-refractivity contribution in [2.24, 2.45) is 5.92 Å². The molecule has 0 fully saturated rings. The summed E-state index contributed by atoms with van der Waals surface area (Å²) in [7, 11) is 1.90. The third-order valence-electron chi connectivity index (χ3n) is 3.43. The van der Waals surface area contributed by atoms with Gasteiger partial charge in [0.05, 0.1) is 6.04 Å². The van der Waals surface area contributed by atoms with Crippen molar-refractivity contribution in [1.29, 1.82) is 0 Å². The van der Waals surface area contributed by atoms with E-state index in [2.05, 4.69) is 43.4 Å². The van der Waals surface area contributed by atoms with Gasteiger partial charge in [0.15, 0.2) is 0 Å². The summed E-state index contributed by atoms with van der Waals surface area (Å²) in [5.41, 5.74) is 3.45. The average Bonchev–Trinajstić information content (AvgIpc) is 2.41. The molecule has 2 aromatic carbocycles. The molecule has 0 aliphatic carbocycles. The van der Waals surface area contributed by atoms with E-state index in [1.807, 2.05) is 13.1 Å². The van der Waals surface area contributed by atoms with E-state index in [9.17, 15) is 4.39 Å². The van der Waals surface area contributed by atoms with Crippen molar-refractivity contribution in [2.45, 2.75) is 26.3 Å². The molecule has 20 heavy (non-hydrogen) atoms. The molecule has 0 bridgehead atoms. The number of hydrogen-bond acceptors (Lipinski definition) is 1. The van der Waals surface area contributed by atoms with Gasteiger partial charge >= 0.3 is 0 Å². The Bertz CT molecular complexity index is 546. The molecule has 0 aliphatic heterocycles. The second-order valence-electron chi connectivity index (χ2n) is 5.62. The fourth-order valence-corrected chi connectivity index (χ4v) is 2.53. The predicted molar refractivity (Wildman–Crippen MR) is 82.3 cm³/mol. The minimum absolute atomic E-state index is 0.0267. The van der Waals surface area contributed by atoms with Crippen LogP contribution in [0.2, 0.25) is 0 Å². The van der Waals surface area contributed by atoms with E-state index in [0.29, 0.717) is 5.92 Å². The van der Waals surface area contributed by atoms with Gasteiger partial charge in [-0.2, -0.15) is 0 Å². The van der Waals surface area contributed by atoms with E-state index < -0.39 is 0 Å². The molecule has 0 amide bonds. The van der Waals surface area contributed by atoms with Crippen molar-refractivity contribution < 1.29 is 4.39 Å². The zero-order chi connectivity index (χ0) is 14.5. The van der Waals surface area contributed by atoms with Crippen LogP contribution in [0, 0.1) is 11.7 Å². The maximum absolute atomic E-state index is 13.4. The molecule has 0 heterocycles. The van der Waals surface area contributed by atoms with Gasteiger partial charge in [0, 0.05) is 0 Å². The van der Waals surface area contributed by atoms with E-state index in [1.165, 1.54) is 11.6 Å². The lowest BCUT2D eigenvalue weighted by molar-refractivity contribution is 0.616. The molecule has 2 rings (SSSR count). The largest absolute Gasteiger partial charge is 0.309 e. The lowest BCUT2D eigenvalue weighted by Crippen LogP contribution is -2.17.